The molecular weight excluding hydrogens is 230 g/mol. The number of carbonyl (C=O) groups is 2. The predicted molar refractivity (Wildman–Crippen MR) is 61.5 cm³/mol. The molecule has 0 saturated carbocycles. The average molecular weight is 242 g/mol. The minimum Gasteiger partial charge on any atom is -0.469 e. The quantitative estimate of drug-likeness (QED) is 0.643. The normalized spacial score (nSPS) is 9.62. The molecule has 0 fully saturated rings. The third-order valence-corrected chi connectivity index (χ3v) is 2.15. The molecule has 0 spiro atoms. The van der Waals surface area contributed by atoms with Crippen molar-refractivity contribution in [2.24, 2.45) is 0 Å². The average Bonchev–Trinajstić information content (AvgIpc) is 2.29. The highest BCUT2D eigenvalue weighted by atomic mass is 35.5. The largest absolute Gasteiger partial charge is 0.469 e. The number of benzene rings is 1. The van der Waals surface area contributed by atoms with Gasteiger partial charge in [0.05, 0.1) is 13.5 Å². The van der Waals surface area contributed by atoms with Gasteiger partial charge in [-0.05, 0) is 17.7 Å². The molecule has 0 atom stereocenters. The summed E-state index contributed by atoms with van der Waals surface area (Å²) in [6, 6.07) is 6.97. The Labute approximate surface area is 98.5 Å². The van der Waals surface area contributed by atoms with Gasteiger partial charge < -0.3 is 10.1 Å². The number of anilines is 1. The standard InChI is InChI=1S/C11H12ClNO3/c1-16-11(15)6-8-3-2-4-9(5-8)13-10(14)7-12/h2-5H,6-7H2,1H3,(H,13,14). The number of methoxy groups -OCH3 is 1. The van der Waals surface area contributed by atoms with E-state index >= 15 is 0 Å². The number of hydrogen-bond donors (Lipinski definition) is 1. The first kappa shape index (κ1) is 12.5. The van der Waals surface area contributed by atoms with Crippen molar-refractivity contribution in [2.45, 2.75) is 6.42 Å². The summed E-state index contributed by atoms with van der Waals surface area (Å²) in [7, 11) is 1.33. The van der Waals surface area contributed by atoms with Crippen LogP contribution in [0.15, 0.2) is 24.3 Å². The first-order chi connectivity index (χ1) is 7.65. The molecule has 1 aromatic rings. The predicted octanol–water partition coefficient (Wildman–Crippen LogP) is 1.58. The van der Waals surface area contributed by atoms with E-state index in [0.29, 0.717) is 5.69 Å². The van der Waals surface area contributed by atoms with Crippen molar-refractivity contribution >= 4 is 29.2 Å². The maximum Gasteiger partial charge on any atom is 0.309 e. The van der Waals surface area contributed by atoms with E-state index in [4.69, 9.17) is 11.6 Å². The van der Waals surface area contributed by atoms with Gasteiger partial charge in [0, 0.05) is 5.69 Å². The monoisotopic (exact) mass is 241 g/mol. The van der Waals surface area contributed by atoms with Crippen LogP contribution in [0.2, 0.25) is 0 Å². The molecule has 0 radical (unpaired) electrons. The highest BCUT2D eigenvalue weighted by molar-refractivity contribution is 6.29. The van der Waals surface area contributed by atoms with Crippen LogP contribution < -0.4 is 5.32 Å². The van der Waals surface area contributed by atoms with Crippen LogP contribution in [-0.2, 0) is 20.7 Å². The van der Waals surface area contributed by atoms with Crippen molar-refractivity contribution in [3.05, 3.63) is 29.8 Å². The Morgan fingerprint density at radius 2 is 2.19 bits per heavy atom. The molecular formula is C11H12ClNO3. The molecule has 1 aromatic carbocycles. The first-order valence-corrected chi connectivity index (χ1v) is 5.20. The fourth-order valence-electron chi connectivity index (χ4n) is 1.19. The molecule has 0 aliphatic rings. The van der Waals surface area contributed by atoms with Gasteiger partial charge in [-0.3, -0.25) is 9.59 Å². The Morgan fingerprint density at radius 3 is 2.81 bits per heavy atom. The Hall–Kier alpha value is -1.55. The fraction of sp³-hybridized carbons (Fsp3) is 0.273. The van der Waals surface area contributed by atoms with E-state index in [1.807, 2.05) is 0 Å². The second kappa shape index (κ2) is 6.12. The van der Waals surface area contributed by atoms with Gasteiger partial charge in [-0.2, -0.15) is 0 Å². The summed E-state index contributed by atoms with van der Waals surface area (Å²) in [5.74, 6) is -0.695. The van der Waals surface area contributed by atoms with Crippen molar-refractivity contribution in [1.82, 2.24) is 0 Å². The van der Waals surface area contributed by atoms with E-state index in [1.165, 1.54) is 7.11 Å². The van der Waals surface area contributed by atoms with Gasteiger partial charge in [0.1, 0.15) is 5.88 Å². The first-order valence-electron chi connectivity index (χ1n) is 4.67. The zero-order chi connectivity index (χ0) is 12.0. The molecule has 86 valence electrons. The molecule has 5 heteroatoms. The lowest BCUT2D eigenvalue weighted by Crippen LogP contribution is -2.13. The van der Waals surface area contributed by atoms with E-state index in [1.54, 1.807) is 24.3 Å². The molecule has 16 heavy (non-hydrogen) atoms. The zero-order valence-corrected chi connectivity index (χ0v) is 9.58. The third-order valence-electron chi connectivity index (χ3n) is 1.91. The van der Waals surface area contributed by atoms with Gasteiger partial charge in [0.25, 0.3) is 0 Å². The van der Waals surface area contributed by atoms with E-state index in [0.717, 1.165) is 5.56 Å². The molecule has 0 unspecified atom stereocenters. The SMILES string of the molecule is COC(=O)Cc1cccc(NC(=O)CCl)c1. The maximum atomic E-state index is 11.0. The maximum absolute atomic E-state index is 11.0. The van der Waals surface area contributed by atoms with Gasteiger partial charge >= 0.3 is 5.97 Å². The summed E-state index contributed by atoms with van der Waals surface area (Å²) in [6.45, 7) is 0. The lowest BCUT2D eigenvalue weighted by Gasteiger charge is -2.05. The number of rotatable bonds is 4. The van der Waals surface area contributed by atoms with Crippen LogP contribution >= 0.6 is 11.6 Å². The summed E-state index contributed by atoms with van der Waals surface area (Å²) in [5, 5.41) is 2.60. The molecule has 0 aliphatic heterocycles. The van der Waals surface area contributed by atoms with Crippen molar-refractivity contribution in [1.29, 1.82) is 0 Å². The van der Waals surface area contributed by atoms with Gasteiger partial charge in [-0.25, -0.2) is 0 Å². The van der Waals surface area contributed by atoms with E-state index in [2.05, 4.69) is 10.1 Å². The second-order valence-corrected chi connectivity index (χ2v) is 3.40. The molecule has 0 aromatic heterocycles. The zero-order valence-electron chi connectivity index (χ0n) is 8.83. The van der Waals surface area contributed by atoms with Gasteiger partial charge in [0.15, 0.2) is 0 Å². The van der Waals surface area contributed by atoms with E-state index < -0.39 is 0 Å². The minimum atomic E-state index is -0.319. The third kappa shape index (κ3) is 3.90. The lowest BCUT2D eigenvalue weighted by molar-refractivity contribution is -0.139. The highest BCUT2D eigenvalue weighted by Crippen LogP contribution is 2.11. The molecule has 4 nitrogen and oxygen atoms in total. The molecule has 0 saturated heterocycles. The molecule has 1 amide bonds. The Kier molecular flexibility index (Phi) is 4.79. The Morgan fingerprint density at radius 1 is 1.44 bits per heavy atom. The molecule has 1 N–H and O–H groups in total. The molecule has 1 rings (SSSR count). The topological polar surface area (TPSA) is 55.4 Å². The number of halogens is 1. The van der Waals surface area contributed by atoms with Crippen LogP contribution in [0.5, 0.6) is 0 Å². The number of ether oxygens (including phenoxy) is 1. The van der Waals surface area contributed by atoms with Crippen LogP contribution in [0.4, 0.5) is 5.69 Å². The molecule has 0 aliphatic carbocycles. The molecule has 0 bridgehead atoms. The van der Waals surface area contributed by atoms with Crippen molar-refractivity contribution < 1.29 is 14.3 Å². The van der Waals surface area contributed by atoms with Crippen molar-refractivity contribution in [3.63, 3.8) is 0 Å². The number of alkyl halides is 1. The number of carbonyl (C=O) groups excluding carboxylic acids is 2. The Balaban J connectivity index is 2.71. The number of hydrogen-bond acceptors (Lipinski definition) is 3. The van der Waals surface area contributed by atoms with E-state index in [-0.39, 0.29) is 24.2 Å². The summed E-state index contributed by atoms with van der Waals surface area (Å²) >= 11 is 5.36. The van der Waals surface area contributed by atoms with Crippen molar-refractivity contribution in [2.75, 3.05) is 18.3 Å². The number of amides is 1. The van der Waals surface area contributed by atoms with Gasteiger partial charge in [-0.1, -0.05) is 12.1 Å². The smallest absolute Gasteiger partial charge is 0.309 e. The summed E-state index contributed by atoms with van der Waals surface area (Å²) < 4.78 is 4.55. The summed E-state index contributed by atoms with van der Waals surface area (Å²) in [6.07, 6.45) is 0.182. The number of nitrogens with one attached hydrogen (secondary N) is 1. The summed E-state index contributed by atoms with van der Waals surface area (Å²) in [4.78, 5) is 22.1. The highest BCUT2D eigenvalue weighted by Gasteiger charge is 2.04. The van der Waals surface area contributed by atoms with Crippen LogP contribution in [0.3, 0.4) is 0 Å². The van der Waals surface area contributed by atoms with Gasteiger partial charge in [-0.15, -0.1) is 11.6 Å². The second-order valence-electron chi connectivity index (χ2n) is 3.14. The molecule has 0 heterocycles. The lowest BCUT2D eigenvalue weighted by atomic mass is 10.1. The van der Waals surface area contributed by atoms with Crippen LogP contribution in [0.25, 0.3) is 0 Å². The summed E-state index contributed by atoms with van der Waals surface area (Å²) in [5.41, 5.74) is 1.39. The van der Waals surface area contributed by atoms with Crippen LogP contribution in [-0.4, -0.2) is 24.9 Å². The fourth-order valence-corrected chi connectivity index (χ4v) is 1.26. The van der Waals surface area contributed by atoms with Crippen LogP contribution in [0.1, 0.15) is 5.56 Å². The Bertz CT molecular complexity index is 359. The van der Waals surface area contributed by atoms with Crippen LogP contribution in [0, 0.1) is 0 Å². The van der Waals surface area contributed by atoms with Gasteiger partial charge in [0.2, 0.25) is 5.91 Å². The van der Waals surface area contributed by atoms with E-state index in [9.17, 15) is 9.59 Å². The van der Waals surface area contributed by atoms with Crippen molar-refractivity contribution in [3.8, 4) is 0 Å². The minimum absolute atomic E-state index is 0.0960. The number of esters is 1.